The number of amidine groups is 1. The average Bonchev–Trinajstić information content (AvgIpc) is 2.85. The number of rotatable bonds is 9. The van der Waals surface area contributed by atoms with Gasteiger partial charge in [0, 0.05) is 12.0 Å². The maximum atomic E-state index is 13.5. The number of aliphatic imine (C=N–C) groups is 1. The van der Waals surface area contributed by atoms with E-state index in [0.29, 0.717) is 12.3 Å². The Bertz CT molecular complexity index is 1060. The molecule has 0 saturated heterocycles. The molecule has 0 fully saturated rings. The molecule has 172 valence electrons. The van der Waals surface area contributed by atoms with Crippen LogP contribution >= 0.6 is 0 Å². The molecule has 33 heavy (non-hydrogen) atoms. The maximum absolute atomic E-state index is 13.5. The van der Waals surface area contributed by atoms with Crippen LogP contribution in [0.15, 0.2) is 77.8 Å². The highest BCUT2D eigenvalue weighted by Crippen LogP contribution is 2.26. The van der Waals surface area contributed by atoms with Crippen molar-refractivity contribution in [3.05, 3.63) is 83.9 Å². The van der Waals surface area contributed by atoms with Gasteiger partial charge in [-0.1, -0.05) is 49.6 Å². The number of amides is 1. The SMILES string of the molecule is CCCCCC(=O)N(C(=Nc1ccc(OC)cc1)c1ccc(C)cc1)c1ccc(OC)cc1. The Kier molecular flexibility index (Phi) is 8.64. The second-order valence-electron chi connectivity index (χ2n) is 7.88. The molecular weight excluding hydrogens is 412 g/mol. The fourth-order valence-electron chi connectivity index (χ4n) is 3.48. The normalized spacial score (nSPS) is 11.2. The molecule has 0 unspecified atom stereocenters. The first-order valence-electron chi connectivity index (χ1n) is 11.3. The summed E-state index contributed by atoms with van der Waals surface area (Å²) in [5.41, 5.74) is 3.51. The van der Waals surface area contributed by atoms with Crippen molar-refractivity contribution in [3.63, 3.8) is 0 Å². The van der Waals surface area contributed by atoms with Gasteiger partial charge in [0.05, 0.1) is 25.6 Å². The van der Waals surface area contributed by atoms with Crippen LogP contribution in [0.1, 0.15) is 43.7 Å². The van der Waals surface area contributed by atoms with E-state index in [0.717, 1.165) is 53.3 Å². The summed E-state index contributed by atoms with van der Waals surface area (Å²) >= 11 is 0. The zero-order chi connectivity index (χ0) is 23.6. The van der Waals surface area contributed by atoms with Crippen molar-refractivity contribution < 1.29 is 14.3 Å². The molecule has 0 aliphatic heterocycles. The van der Waals surface area contributed by atoms with Gasteiger partial charge in [-0.3, -0.25) is 9.69 Å². The number of carbonyl (C=O) groups is 1. The number of anilines is 1. The summed E-state index contributed by atoms with van der Waals surface area (Å²) in [6.45, 7) is 4.18. The standard InChI is InChI=1S/C28H32N2O3/c1-5-6-7-8-27(31)30(24-15-19-26(33-4)20-16-24)28(22-11-9-21(2)10-12-22)29-23-13-17-25(32-3)18-14-23/h9-20H,5-8H2,1-4H3. The fourth-order valence-corrected chi connectivity index (χ4v) is 3.48. The van der Waals surface area contributed by atoms with Gasteiger partial charge in [-0.25, -0.2) is 4.99 Å². The second-order valence-corrected chi connectivity index (χ2v) is 7.88. The van der Waals surface area contributed by atoms with Crippen molar-refractivity contribution in [2.45, 2.75) is 39.5 Å². The number of hydrogen-bond acceptors (Lipinski definition) is 4. The zero-order valence-electron chi connectivity index (χ0n) is 19.9. The smallest absolute Gasteiger partial charge is 0.232 e. The van der Waals surface area contributed by atoms with Gasteiger partial charge in [-0.15, -0.1) is 0 Å². The molecule has 0 radical (unpaired) electrons. The Balaban J connectivity index is 2.12. The molecule has 3 rings (SSSR count). The van der Waals surface area contributed by atoms with Crippen molar-refractivity contribution in [1.82, 2.24) is 0 Å². The lowest BCUT2D eigenvalue weighted by molar-refractivity contribution is -0.117. The predicted molar refractivity (Wildman–Crippen MR) is 135 cm³/mol. The maximum Gasteiger partial charge on any atom is 0.232 e. The van der Waals surface area contributed by atoms with E-state index in [9.17, 15) is 4.79 Å². The van der Waals surface area contributed by atoms with E-state index in [2.05, 4.69) is 6.92 Å². The lowest BCUT2D eigenvalue weighted by Gasteiger charge is -2.25. The van der Waals surface area contributed by atoms with E-state index < -0.39 is 0 Å². The molecule has 0 N–H and O–H groups in total. The van der Waals surface area contributed by atoms with Gasteiger partial charge in [0.2, 0.25) is 5.91 Å². The van der Waals surface area contributed by atoms with Crippen molar-refractivity contribution in [1.29, 1.82) is 0 Å². The van der Waals surface area contributed by atoms with Crippen LogP contribution in [0.5, 0.6) is 11.5 Å². The van der Waals surface area contributed by atoms with Crippen LogP contribution in [0.2, 0.25) is 0 Å². The van der Waals surface area contributed by atoms with Gasteiger partial charge in [0.1, 0.15) is 17.3 Å². The number of methoxy groups -OCH3 is 2. The van der Waals surface area contributed by atoms with Gasteiger partial charge in [-0.05, 0) is 61.9 Å². The van der Waals surface area contributed by atoms with Crippen molar-refractivity contribution >= 4 is 23.1 Å². The van der Waals surface area contributed by atoms with E-state index in [1.807, 2.05) is 79.7 Å². The first-order valence-corrected chi connectivity index (χ1v) is 11.3. The number of benzene rings is 3. The number of aryl methyl sites for hydroxylation is 1. The number of ether oxygens (including phenoxy) is 2. The van der Waals surface area contributed by atoms with Crippen molar-refractivity contribution in [2.75, 3.05) is 19.1 Å². The second kappa shape index (κ2) is 11.9. The largest absolute Gasteiger partial charge is 0.497 e. The summed E-state index contributed by atoms with van der Waals surface area (Å²) in [5, 5.41) is 0. The quantitative estimate of drug-likeness (QED) is 0.209. The lowest BCUT2D eigenvalue weighted by Crippen LogP contribution is -2.37. The highest BCUT2D eigenvalue weighted by Gasteiger charge is 2.23. The number of carbonyl (C=O) groups excluding carboxylic acids is 1. The van der Waals surface area contributed by atoms with E-state index in [-0.39, 0.29) is 5.91 Å². The number of hydrogen-bond donors (Lipinski definition) is 0. The van der Waals surface area contributed by atoms with Crippen molar-refractivity contribution in [2.24, 2.45) is 4.99 Å². The lowest BCUT2D eigenvalue weighted by atomic mass is 10.1. The Morgan fingerprint density at radius 2 is 1.39 bits per heavy atom. The summed E-state index contributed by atoms with van der Waals surface area (Å²) in [6, 6.07) is 23.1. The monoisotopic (exact) mass is 444 g/mol. The molecule has 5 nitrogen and oxygen atoms in total. The first-order chi connectivity index (χ1) is 16.0. The van der Waals surface area contributed by atoms with E-state index in [1.165, 1.54) is 0 Å². The van der Waals surface area contributed by atoms with Crippen LogP contribution in [0.25, 0.3) is 0 Å². The zero-order valence-corrected chi connectivity index (χ0v) is 19.9. The number of nitrogens with zero attached hydrogens (tertiary/aromatic N) is 2. The molecule has 0 saturated carbocycles. The Morgan fingerprint density at radius 1 is 0.818 bits per heavy atom. The van der Waals surface area contributed by atoms with E-state index in [4.69, 9.17) is 14.5 Å². The molecule has 3 aromatic rings. The molecule has 0 aliphatic rings. The summed E-state index contributed by atoms with van der Waals surface area (Å²) < 4.78 is 10.6. The number of unbranched alkanes of at least 4 members (excludes halogenated alkanes) is 2. The Labute approximate surface area is 196 Å². The topological polar surface area (TPSA) is 51.1 Å². The highest BCUT2D eigenvalue weighted by molar-refractivity contribution is 6.24. The van der Waals surface area contributed by atoms with Gasteiger partial charge in [0.25, 0.3) is 0 Å². The van der Waals surface area contributed by atoms with Crippen LogP contribution in [0.3, 0.4) is 0 Å². The summed E-state index contributed by atoms with van der Waals surface area (Å²) in [7, 11) is 3.27. The third-order valence-electron chi connectivity index (χ3n) is 5.40. The minimum absolute atomic E-state index is 0.0152. The van der Waals surface area contributed by atoms with Crippen LogP contribution in [-0.4, -0.2) is 26.0 Å². The minimum atomic E-state index is 0.0152. The fraction of sp³-hybridized carbons (Fsp3) is 0.286. The van der Waals surface area contributed by atoms with Crippen LogP contribution in [-0.2, 0) is 4.79 Å². The molecule has 3 aromatic carbocycles. The molecule has 0 bridgehead atoms. The van der Waals surface area contributed by atoms with Gasteiger partial charge in [-0.2, -0.15) is 0 Å². The van der Waals surface area contributed by atoms with Gasteiger partial charge < -0.3 is 9.47 Å². The van der Waals surface area contributed by atoms with Crippen LogP contribution in [0.4, 0.5) is 11.4 Å². The van der Waals surface area contributed by atoms with Gasteiger partial charge >= 0.3 is 0 Å². The molecule has 0 aliphatic carbocycles. The van der Waals surface area contributed by atoms with Crippen LogP contribution < -0.4 is 14.4 Å². The third kappa shape index (κ3) is 6.45. The predicted octanol–water partition coefficient (Wildman–Crippen LogP) is 6.70. The summed E-state index contributed by atoms with van der Waals surface area (Å²) in [5.74, 6) is 2.10. The Morgan fingerprint density at radius 3 is 1.94 bits per heavy atom. The summed E-state index contributed by atoms with van der Waals surface area (Å²) in [6.07, 6.45) is 3.36. The van der Waals surface area contributed by atoms with Gasteiger partial charge in [0.15, 0.2) is 0 Å². The molecule has 1 amide bonds. The molecule has 0 atom stereocenters. The molecular formula is C28H32N2O3. The van der Waals surface area contributed by atoms with E-state index >= 15 is 0 Å². The molecule has 0 spiro atoms. The summed E-state index contributed by atoms with van der Waals surface area (Å²) in [4.78, 5) is 20.2. The molecule has 0 aromatic heterocycles. The highest BCUT2D eigenvalue weighted by atomic mass is 16.5. The van der Waals surface area contributed by atoms with Crippen molar-refractivity contribution in [3.8, 4) is 11.5 Å². The first kappa shape index (κ1) is 24.1. The minimum Gasteiger partial charge on any atom is -0.497 e. The molecule has 5 heteroatoms. The Hall–Kier alpha value is -3.60. The average molecular weight is 445 g/mol. The van der Waals surface area contributed by atoms with Crippen LogP contribution in [0, 0.1) is 6.92 Å². The third-order valence-corrected chi connectivity index (χ3v) is 5.40. The molecule has 0 heterocycles. The van der Waals surface area contributed by atoms with E-state index in [1.54, 1.807) is 19.1 Å².